The molecule has 2 rings (SSSR count). The fraction of sp³-hybridized carbons (Fsp3) is 0.692. The molecule has 1 aromatic rings. The van der Waals surface area contributed by atoms with Gasteiger partial charge in [-0.3, -0.25) is 9.48 Å². The van der Waals surface area contributed by atoms with Crippen molar-refractivity contribution in [3.63, 3.8) is 0 Å². The summed E-state index contributed by atoms with van der Waals surface area (Å²) in [6.45, 7) is 2.54. The normalized spacial score (nSPS) is 23.9. The summed E-state index contributed by atoms with van der Waals surface area (Å²) in [4.78, 5) is 12.1. The van der Waals surface area contributed by atoms with E-state index >= 15 is 0 Å². The first kappa shape index (κ1) is 13.1. The smallest absolute Gasteiger partial charge is 0.224 e. The Labute approximate surface area is 108 Å². The van der Waals surface area contributed by atoms with Crippen molar-refractivity contribution in [2.45, 2.75) is 45.2 Å². The molecule has 1 heterocycles. The largest absolute Gasteiger partial charge is 0.352 e. The van der Waals surface area contributed by atoms with Gasteiger partial charge in [-0.1, -0.05) is 12.8 Å². The number of hydrogen-bond donors (Lipinski definition) is 2. The average Bonchev–Trinajstić information content (AvgIpc) is 2.68. The molecule has 0 radical (unpaired) electrons. The molecule has 1 aliphatic carbocycles. The molecule has 18 heavy (non-hydrogen) atoms. The molecule has 0 aliphatic heterocycles. The summed E-state index contributed by atoms with van der Waals surface area (Å²) in [7, 11) is 1.90. The van der Waals surface area contributed by atoms with Crippen LogP contribution in [0.5, 0.6) is 0 Å². The third kappa shape index (κ3) is 2.72. The third-order valence-electron chi connectivity index (χ3n) is 3.95. The maximum atomic E-state index is 12.1. The molecule has 1 aliphatic rings. The van der Waals surface area contributed by atoms with Gasteiger partial charge in [0.25, 0.3) is 0 Å². The van der Waals surface area contributed by atoms with Gasteiger partial charge in [0.15, 0.2) is 0 Å². The number of aryl methyl sites for hydroxylation is 1. The van der Waals surface area contributed by atoms with E-state index in [1.807, 2.05) is 18.7 Å². The maximum absolute atomic E-state index is 12.1. The van der Waals surface area contributed by atoms with E-state index in [-0.39, 0.29) is 17.9 Å². The topological polar surface area (TPSA) is 72.9 Å². The van der Waals surface area contributed by atoms with Gasteiger partial charge in [0, 0.05) is 30.9 Å². The summed E-state index contributed by atoms with van der Waals surface area (Å²) in [6.07, 6.45) is 5.93. The molecule has 3 N–H and O–H groups in total. The van der Waals surface area contributed by atoms with E-state index in [0.717, 1.165) is 36.9 Å². The highest BCUT2D eigenvalue weighted by Crippen LogP contribution is 2.23. The van der Waals surface area contributed by atoms with Crippen molar-refractivity contribution in [1.29, 1.82) is 0 Å². The Balaban J connectivity index is 1.90. The Kier molecular flexibility index (Phi) is 4.01. The van der Waals surface area contributed by atoms with Crippen LogP contribution in [0, 0.1) is 12.8 Å². The van der Waals surface area contributed by atoms with Gasteiger partial charge in [-0.15, -0.1) is 0 Å². The van der Waals surface area contributed by atoms with E-state index in [9.17, 15) is 4.79 Å². The molecule has 0 bridgehead atoms. The molecule has 100 valence electrons. The van der Waals surface area contributed by atoms with Gasteiger partial charge in [-0.05, 0) is 19.8 Å². The number of hydrogen-bond acceptors (Lipinski definition) is 3. The fourth-order valence-corrected chi connectivity index (χ4v) is 2.52. The van der Waals surface area contributed by atoms with Crippen molar-refractivity contribution in [2.24, 2.45) is 18.7 Å². The zero-order valence-corrected chi connectivity index (χ0v) is 11.1. The SMILES string of the molecule is Cc1c(CNC(=O)C2CCCCC2N)cnn1C. The van der Waals surface area contributed by atoms with Crippen LogP contribution in [0.2, 0.25) is 0 Å². The molecule has 1 saturated carbocycles. The van der Waals surface area contributed by atoms with E-state index in [0.29, 0.717) is 6.54 Å². The van der Waals surface area contributed by atoms with Crippen molar-refractivity contribution in [2.75, 3.05) is 0 Å². The summed E-state index contributed by atoms with van der Waals surface area (Å²) in [5.41, 5.74) is 8.16. The van der Waals surface area contributed by atoms with Gasteiger partial charge < -0.3 is 11.1 Å². The van der Waals surface area contributed by atoms with Gasteiger partial charge >= 0.3 is 0 Å². The minimum atomic E-state index is -0.0178. The average molecular weight is 250 g/mol. The maximum Gasteiger partial charge on any atom is 0.224 e. The summed E-state index contributed by atoms with van der Waals surface area (Å²) >= 11 is 0. The number of amides is 1. The Hall–Kier alpha value is -1.36. The molecule has 0 saturated heterocycles. The molecule has 2 unspecified atom stereocenters. The molecule has 5 nitrogen and oxygen atoms in total. The van der Waals surface area contributed by atoms with Crippen molar-refractivity contribution in [3.8, 4) is 0 Å². The third-order valence-corrected chi connectivity index (χ3v) is 3.95. The first-order valence-corrected chi connectivity index (χ1v) is 6.60. The molecule has 1 aromatic heterocycles. The lowest BCUT2D eigenvalue weighted by Gasteiger charge is -2.27. The fourth-order valence-electron chi connectivity index (χ4n) is 2.52. The summed E-state index contributed by atoms with van der Waals surface area (Å²) in [5.74, 6) is 0.0705. The number of nitrogens with one attached hydrogen (secondary N) is 1. The predicted molar refractivity (Wildman–Crippen MR) is 69.7 cm³/mol. The second kappa shape index (κ2) is 5.52. The van der Waals surface area contributed by atoms with Gasteiger partial charge in [-0.2, -0.15) is 5.10 Å². The molecular formula is C13H22N4O. The van der Waals surface area contributed by atoms with Crippen molar-refractivity contribution < 1.29 is 4.79 Å². The Morgan fingerprint density at radius 3 is 2.89 bits per heavy atom. The number of aromatic nitrogens is 2. The van der Waals surface area contributed by atoms with E-state index < -0.39 is 0 Å². The van der Waals surface area contributed by atoms with E-state index in [2.05, 4.69) is 10.4 Å². The van der Waals surface area contributed by atoms with Crippen LogP contribution >= 0.6 is 0 Å². The zero-order chi connectivity index (χ0) is 13.1. The highest BCUT2D eigenvalue weighted by Gasteiger charge is 2.27. The molecular weight excluding hydrogens is 228 g/mol. The second-order valence-electron chi connectivity index (χ2n) is 5.15. The number of nitrogens with two attached hydrogens (primary N) is 1. The van der Waals surface area contributed by atoms with Crippen LogP contribution in [0.25, 0.3) is 0 Å². The van der Waals surface area contributed by atoms with Crippen LogP contribution in [0.3, 0.4) is 0 Å². The Morgan fingerprint density at radius 2 is 2.28 bits per heavy atom. The Bertz CT molecular complexity index is 427. The van der Waals surface area contributed by atoms with Crippen LogP contribution in [0.1, 0.15) is 36.9 Å². The van der Waals surface area contributed by atoms with Crippen molar-refractivity contribution in [1.82, 2.24) is 15.1 Å². The first-order valence-electron chi connectivity index (χ1n) is 6.60. The zero-order valence-electron chi connectivity index (χ0n) is 11.1. The van der Waals surface area contributed by atoms with E-state index in [1.54, 1.807) is 6.20 Å². The number of rotatable bonds is 3. The van der Waals surface area contributed by atoms with Crippen molar-refractivity contribution in [3.05, 3.63) is 17.5 Å². The van der Waals surface area contributed by atoms with Gasteiger partial charge in [0.05, 0.1) is 12.1 Å². The van der Waals surface area contributed by atoms with Crippen LogP contribution in [0.15, 0.2) is 6.20 Å². The lowest BCUT2D eigenvalue weighted by molar-refractivity contribution is -0.126. The molecule has 1 amide bonds. The summed E-state index contributed by atoms with van der Waals surface area (Å²) < 4.78 is 1.81. The number of carbonyl (C=O) groups is 1. The predicted octanol–water partition coefficient (Wildman–Crippen LogP) is 0.862. The first-order chi connectivity index (χ1) is 8.59. The molecule has 1 fully saturated rings. The minimum Gasteiger partial charge on any atom is -0.352 e. The number of carbonyl (C=O) groups excluding carboxylic acids is 1. The van der Waals surface area contributed by atoms with Crippen LogP contribution < -0.4 is 11.1 Å². The van der Waals surface area contributed by atoms with E-state index in [1.165, 1.54) is 0 Å². The summed E-state index contributed by atoms with van der Waals surface area (Å²) in [5, 5.41) is 7.14. The van der Waals surface area contributed by atoms with E-state index in [4.69, 9.17) is 5.73 Å². The highest BCUT2D eigenvalue weighted by molar-refractivity contribution is 5.79. The van der Waals surface area contributed by atoms with Gasteiger partial charge in [0.1, 0.15) is 0 Å². The Morgan fingerprint density at radius 1 is 1.56 bits per heavy atom. The molecule has 5 heteroatoms. The molecule has 0 spiro atoms. The van der Waals surface area contributed by atoms with Gasteiger partial charge in [0.2, 0.25) is 5.91 Å². The van der Waals surface area contributed by atoms with Crippen LogP contribution in [-0.4, -0.2) is 21.7 Å². The number of nitrogens with zero attached hydrogens (tertiary/aromatic N) is 2. The lowest BCUT2D eigenvalue weighted by Crippen LogP contribution is -2.43. The second-order valence-corrected chi connectivity index (χ2v) is 5.15. The van der Waals surface area contributed by atoms with Gasteiger partial charge in [-0.25, -0.2) is 0 Å². The van der Waals surface area contributed by atoms with Crippen LogP contribution in [0.4, 0.5) is 0 Å². The van der Waals surface area contributed by atoms with Crippen molar-refractivity contribution >= 4 is 5.91 Å². The highest BCUT2D eigenvalue weighted by atomic mass is 16.1. The lowest BCUT2D eigenvalue weighted by atomic mass is 9.84. The standard InChI is InChI=1S/C13H22N4O/c1-9-10(8-16-17(9)2)7-15-13(18)11-5-3-4-6-12(11)14/h8,11-12H,3-7,14H2,1-2H3,(H,15,18). The molecule has 0 aromatic carbocycles. The monoisotopic (exact) mass is 250 g/mol. The minimum absolute atomic E-state index is 0.0178. The van der Waals surface area contributed by atoms with Crippen LogP contribution in [-0.2, 0) is 18.4 Å². The molecule has 2 atom stereocenters. The summed E-state index contributed by atoms with van der Waals surface area (Å²) in [6, 6.07) is 0.0220. The quantitative estimate of drug-likeness (QED) is 0.835.